The third-order valence-electron chi connectivity index (χ3n) is 6.49. The van der Waals surface area contributed by atoms with Gasteiger partial charge in [0.25, 0.3) is 0 Å². The Balaban J connectivity index is 6.33. The molecule has 0 atom stereocenters. The van der Waals surface area contributed by atoms with E-state index in [9.17, 15) is 14.7 Å². The van der Waals surface area contributed by atoms with Crippen LogP contribution in [0, 0.1) is 5.41 Å². The number of hydrogen-bond donors (Lipinski definition) is 1. The van der Waals surface area contributed by atoms with Gasteiger partial charge in [-0.3, -0.25) is 0 Å². The predicted octanol–water partition coefficient (Wildman–Crippen LogP) is 5.98. The zero-order valence-corrected chi connectivity index (χ0v) is 23.7. The van der Waals surface area contributed by atoms with Crippen molar-refractivity contribution in [1.82, 2.24) is 0 Å². The number of esters is 2. The molecule has 0 aliphatic heterocycles. The van der Waals surface area contributed by atoms with Gasteiger partial charge in [-0.2, -0.15) is 0 Å². The van der Waals surface area contributed by atoms with E-state index in [0.717, 1.165) is 22.9 Å². The average molecular weight is 545 g/mol. The number of aliphatic hydroxyl groups is 1. The molecule has 5 nitrogen and oxygen atoms in total. The van der Waals surface area contributed by atoms with Gasteiger partial charge in [-0.1, -0.05) is 0 Å². The van der Waals surface area contributed by atoms with Crippen molar-refractivity contribution in [3.8, 4) is 0 Å². The summed E-state index contributed by atoms with van der Waals surface area (Å²) in [5, 5.41) is 9.42. The Kier molecular flexibility index (Phi) is 15.5. The van der Waals surface area contributed by atoms with E-state index in [1.807, 2.05) is 0 Å². The Morgan fingerprint density at radius 3 is 1.68 bits per heavy atom. The Labute approximate surface area is 194 Å². The summed E-state index contributed by atoms with van der Waals surface area (Å²) in [5.41, 5.74) is -0.732. The summed E-state index contributed by atoms with van der Waals surface area (Å²) in [6, 6.07) is 0. The van der Waals surface area contributed by atoms with E-state index in [4.69, 9.17) is 9.47 Å². The van der Waals surface area contributed by atoms with Crippen LogP contribution < -0.4 is 0 Å². The first-order valence-electron chi connectivity index (χ1n) is 11.8. The van der Waals surface area contributed by atoms with Crippen molar-refractivity contribution in [1.29, 1.82) is 0 Å². The van der Waals surface area contributed by atoms with Crippen molar-refractivity contribution in [2.45, 2.75) is 92.4 Å². The molecule has 0 aliphatic rings. The van der Waals surface area contributed by atoms with Crippen LogP contribution in [0.1, 0.15) is 79.1 Å². The fourth-order valence-electron chi connectivity index (χ4n) is 4.27. The maximum absolute atomic E-state index is 13.0. The van der Waals surface area contributed by atoms with Gasteiger partial charge in [-0.15, -0.1) is 0 Å². The Bertz CT molecular complexity index is 559. The summed E-state index contributed by atoms with van der Waals surface area (Å²) in [4.78, 5) is 26.0. The summed E-state index contributed by atoms with van der Waals surface area (Å²) in [7, 11) is 2.63. The summed E-state index contributed by atoms with van der Waals surface area (Å²) >= 11 is -2.87. The van der Waals surface area contributed by atoms with Crippen molar-refractivity contribution in [2.24, 2.45) is 5.41 Å². The van der Waals surface area contributed by atoms with Gasteiger partial charge in [0.2, 0.25) is 0 Å². The number of carbonyl (C=O) groups is 2. The molecule has 0 amide bonds. The monoisotopic (exact) mass is 546 g/mol. The van der Waals surface area contributed by atoms with Crippen LogP contribution in [-0.4, -0.2) is 56.2 Å². The fraction of sp³-hybridized carbons (Fsp3) is 0.760. The number of ether oxygens (including phenoxy) is 2. The van der Waals surface area contributed by atoms with Gasteiger partial charge in [-0.25, -0.2) is 0 Å². The van der Waals surface area contributed by atoms with Crippen LogP contribution in [0.15, 0.2) is 21.8 Å². The third kappa shape index (κ3) is 8.91. The molecule has 31 heavy (non-hydrogen) atoms. The molecule has 6 heteroatoms. The van der Waals surface area contributed by atoms with Crippen LogP contribution >= 0.6 is 0 Å². The van der Waals surface area contributed by atoms with Crippen molar-refractivity contribution in [3.63, 3.8) is 0 Å². The first-order valence-corrected chi connectivity index (χ1v) is 19.3. The van der Waals surface area contributed by atoms with Crippen molar-refractivity contribution in [3.05, 3.63) is 21.8 Å². The number of allylic oxidation sites excluding steroid dienone is 2. The van der Waals surface area contributed by atoms with E-state index in [2.05, 4.69) is 27.4 Å². The van der Waals surface area contributed by atoms with Gasteiger partial charge in [0.1, 0.15) is 0 Å². The van der Waals surface area contributed by atoms with Gasteiger partial charge in [0.15, 0.2) is 0 Å². The molecule has 0 aromatic rings. The van der Waals surface area contributed by atoms with E-state index >= 15 is 0 Å². The van der Waals surface area contributed by atoms with Crippen molar-refractivity contribution >= 4 is 30.3 Å². The predicted molar refractivity (Wildman–Crippen MR) is 131 cm³/mol. The van der Waals surface area contributed by atoms with Crippen LogP contribution in [0.4, 0.5) is 0 Å². The quantitative estimate of drug-likeness (QED) is 0.105. The van der Waals surface area contributed by atoms with Gasteiger partial charge in [0, 0.05) is 0 Å². The fourth-order valence-corrected chi connectivity index (χ4v) is 20.2. The van der Waals surface area contributed by atoms with Crippen molar-refractivity contribution in [2.75, 3.05) is 20.8 Å². The second-order valence-electron chi connectivity index (χ2n) is 8.85. The molecule has 0 aromatic carbocycles. The van der Waals surface area contributed by atoms with E-state index in [-0.39, 0.29) is 19.4 Å². The molecule has 0 aromatic heterocycles. The molecule has 0 saturated carbocycles. The van der Waals surface area contributed by atoms with Gasteiger partial charge in [0.05, 0.1) is 0 Å². The zero-order chi connectivity index (χ0) is 23.9. The Hall–Kier alpha value is -0.821. The van der Waals surface area contributed by atoms with Crippen molar-refractivity contribution < 1.29 is 24.2 Å². The minimum absolute atomic E-state index is 0.119. The molecule has 0 heterocycles. The first kappa shape index (κ1) is 30.2. The standard InChI is InChI=1S/C13H19O5.3C4H9.Sn/c1-5-7-13(11(15)17-3,12(16)18-4)8-6-10(2)9-14;3*1-3-4-2;/h6,14H,1,7-9H2,2-4H3;3*1,3-4H2,2H3;/b10-6+;;;;. The van der Waals surface area contributed by atoms with E-state index in [1.54, 1.807) is 13.0 Å². The van der Waals surface area contributed by atoms with E-state index < -0.39 is 35.7 Å². The molecule has 0 radical (unpaired) electrons. The second-order valence-corrected chi connectivity index (χ2v) is 22.5. The summed E-state index contributed by atoms with van der Waals surface area (Å²) in [6.07, 6.45) is 9.14. The number of unbranched alkanes of at least 4 members (excludes halogenated alkanes) is 3. The molecular weight excluding hydrogens is 499 g/mol. The first-order chi connectivity index (χ1) is 14.7. The summed E-state index contributed by atoms with van der Waals surface area (Å²) in [6.45, 7) is 12.9. The van der Waals surface area contributed by atoms with Crippen LogP contribution in [-0.2, 0) is 19.1 Å². The summed E-state index contributed by atoms with van der Waals surface area (Å²) in [5.74, 6) is -1.16. The molecule has 1 N–H and O–H groups in total. The van der Waals surface area contributed by atoms with Gasteiger partial charge in [-0.05, 0) is 0 Å². The molecule has 0 fully saturated rings. The molecule has 0 aliphatic carbocycles. The van der Waals surface area contributed by atoms with Gasteiger partial charge < -0.3 is 0 Å². The molecule has 0 spiro atoms. The summed E-state index contributed by atoms with van der Waals surface area (Å²) < 4.78 is 15.0. The van der Waals surface area contributed by atoms with Gasteiger partial charge >= 0.3 is 195 Å². The van der Waals surface area contributed by atoms with E-state index in [1.165, 1.54) is 46.8 Å². The van der Waals surface area contributed by atoms with Crippen LogP contribution in [0.3, 0.4) is 0 Å². The number of hydrogen-bond acceptors (Lipinski definition) is 5. The molecule has 0 bridgehead atoms. The van der Waals surface area contributed by atoms with E-state index in [0.29, 0.717) is 5.57 Å². The zero-order valence-electron chi connectivity index (χ0n) is 20.8. The normalized spacial score (nSPS) is 12.5. The molecular formula is C25H46O5Sn. The Morgan fingerprint density at radius 2 is 1.35 bits per heavy atom. The number of carbonyl (C=O) groups excluding carboxylic acids is 2. The maximum atomic E-state index is 13.0. The molecule has 0 rings (SSSR count). The van der Waals surface area contributed by atoms with Crippen LogP contribution in [0.2, 0.25) is 13.3 Å². The number of methoxy groups -OCH3 is 2. The molecule has 0 unspecified atom stereocenters. The van der Waals surface area contributed by atoms with Crippen LogP contribution in [0.5, 0.6) is 0 Å². The number of aliphatic hydroxyl groups excluding tert-OH is 1. The SMILES string of the molecule is C=[C](CC(C/C=C(\C)CO)(C(=O)OC)C(=O)OC)[Sn]([CH2]CCC)([CH2]CCC)[CH2]CCC. The van der Waals surface area contributed by atoms with Crippen LogP contribution in [0.25, 0.3) is 0 Å². The minimum atomic E-state index is -2.87. The molecule has 0 saturated heterocycles. The topological polar surface area (TPSA) is 72.8 Å². The Morgan fingerprint density at radius 1 is 0.935 bits per heavy atom. The average Bonchev–Trinajstić information content (AvgIpc) is 2.79. The molecule has 180 valence electrons. The third-order valence-corrected chi connectivity index (χ3v) is 22.5. The second kappa shape index (κ2) is 15.9. The number of rotatable bonds is 17.